The molecular weight excluding hydrogens is 270 g/mol. The van der Waals surface area contributed by atoms with Crippen LogP contribution in [0.25, 0.3) is 0 Å². The molecule has 0 saturated carbocycles. The molecule has 1 aromatic rings. The Kier molecular flexibility index (Phi) is 6.75. The van der Waals surface area contributed by atoms with E-state index in [0.29, 0.717) is 18.7 Å². The van der Waals surface area contributed by atoms with E-state index in [1.807, 2.05) is 26.0 Å². The first-order valence-electron chi connectivity index (χ1n) is 6.96. The number of ether oxygens (including phenoxy) is 1. The molecule has 0 bridgehead atoms. The molecule has 1 aromatic carbocycles. The second-order valence-corrected chi connectivity index (χ2v) is 5.14. The Labute approximate surface area is 125 Å². The highest BCUT2D eigenvalue weighted by molar-refractivity contribution is 5.66. The molecule has 1 atom stereocenters. The molecule has 0 fully saturated rings. The van der Waals surface area contributed by atoms with E-state index in [9.17, 15) is 9.90 Å². The van der Waals surface area contributed by atoms with Crippen molar-refractivity contribution in [1.29, 1.82) is 0 Å². The van der Waals surface area contributed by atoms with Gasteiger partial charge in [0.1, 0.15) is 11.9 Å². The summed E-state index contributed by atoms with van der Waals surface area (Å²) >= 11 is 0. The molecule has 21 heavy (non-hydrogen) atoms. The van der Waals surface area contributed by atoms with E-state index in [-0.39, 0.29) is 24.4 Å². The van der Waals surface area contributed by atoms with Gasteiger partial charge < -0.3 is 20.3 Å². The van der Waals surface area contributed by atoms with Gasteiger partial charge in [-0.05, 0) is 38.0 Å². The number of carboxylic acids is 1. The number of aliphatic carboxylic acids is 1. The number of aromatic hydroxyl groups is 1. The third-order valence-corrected chi connectivity index (χ3v) is 2.88. The molecule has 0 saturated heterocycles. The van der Waals surface area contributed by atoms with Crippen molar-refractivity contribution in [2.45, 2.75) is 38.9 Å². The molecule has 1 rings (SSSR count). The van der Waals surface area contributed by atoms with Gasteiger partial charge >= 0.3 is 5.97 Å². The van der Waals surface area contributed by atoms with Crippen LogP contribution in [0.1, 0.15) is 38.4 Å². The molecule has 0 aromatic heterocycles. The van der Waals surface area contributed by atoms with E-state index in [1.165, 1.54) is 0 Å². The average molecular weight is 293 g/mol. The molecule has 0 aliphatic heterocycles. The fraction of sp³-hybridized carbons (Fsp3) is 0.438. The number of carbonyl (C=O) groups is 1. The van der Waals surface area contributed by atoms with Crippen molar-refractivity contribution in [2.24, 2.45) is 0 Å². The Morgan fingerprint density at radius 2 is 1.90 bits per heavy atom. The first-order chi connectivity index (χ1) is 9.88. The number of phenolic OH excluding ortho intramolecular Hbond substituents is 1. The summed E-state index contributed by atoms with van der Waals surface area (Å²) in [5, 5.41) is 21.1. The predicted octanol–water partition coefficient (Wildman–Crippen LogP) is 2.83. The van der Waals surface area contributed by atoms with Crippen LogP contribution in [0.4, 0.5) is 0 Å². The Balaban J connectivity index is 2.60. The molecular formula is C16H23NO4. The van der Waals surface area contributed by atoms with Gasteiger partial charge in [-0.1, -0.05) is 18.7 Å². The molecule has 5 heteroatoms. The normalized spacial score (nSPS) is 12.1. The highest BCUT2D eigenvalue weighted by atomic mass is 16.5. The summed E-state index contributed by atoms with van der Waals surface area (Å²) in [4.78, 5) is 10.5. The lowest BCUT2D eigenvalue weighted by atomic mass is 10.1. The van der Waals surface area contributed by atoms with Crippen LogP contribution in [0.5, 0.6) is 5.75 Å². The Morgan fingerprint density at radius 1 is 1.29 bits per heavy atom. The number of rotatable bonds is 9. The fourth-order valence-electron chi connectivity index (χ4n) is 1.85. The summed E-state index contributed by atoms with van der Waals surface area (Å²) in [5.74, 6) is -0.632. The molecule has 0 aliphatic rings. The summed E-state index contributed by atoms with van der Waals surface area (Å²) in [7, 11) is 0. The molecule has 0 amide bonds. The zero-order valence-corrected chi connectivity index (χ0v) is 12.5. The van der Waals surface area contributed by atoms with Gasteiger partial charge in [0.15, 0.2) is 0 Å². The van der Waals surface area contributed by atoms with Crippen LogP contribution >= 0.6 is 0 Å². The van der Waals surface area contributed by atoms with E-state index in [2.05, 4.69) is 11.9 Å². The quantitative estimate of drug-likeness (QED) is 0.652. The number of hydrogen-bond acceptors (Lipinski definition) is 4. The summed E-state index contributed by atoms with van der Waals surface area (Å²) in [6, 6.07) is 6.85. The van der Waals surface area contributed by atoms with Gasteiger partial charge in [0.05, 0.1) is 12.5 Å². The van der Waals surface area contributed by atoms with Crippen molar-refractivity contribution < 1.29 is 19.7 Å². The van der Waals surface area contributed by atoms with Crippen LogP contribution < -0.4 is 5.32 Å². The first kappa shape index (κ1) is 17.0. The Morgan fingerprint density at radius 3 is 2.43 bits per heavy atom. The summed E-state index contributed by atoms with van der Waals surface area (Å²) < 4.78 is 5.85. The maximum Gasteiger partial charge on any atom is 0.303 e. The molecule has 0 heterocycles. The van der Waals surface area contributed by atoms with Crippen LogP contribution in [0.2, 0.25) is 0 Å². The lowest BCUT2D eigenvalue weighted by Gasteiger charge is -2.22. The molecule has 0 radical (unpaired) electrons. The molecule has 3 N–H and O–H groups in total. The minimum absolute atomic E-state index is 0.0536. The van der Waals surface area contributed by atoms with E-state index in [0.717, 1.165) is 5.56 Å². The largest absolute Gasteiger partial charge is 0.508 e. The van der Waals surface area contributed by atoms with Gasteiger partial charge in [-0.3, -0.25) is 4.79 Å². The maximum absolute atomic E-state index is 10.5. The molecule has 0 unspecified atom stereocenters. The maximum atomic E-state index is 10.5. The predicted molar refractivity (Wildman–Crippen MR) is 81.1 cm³/mol. The topological polar surface area (TPSA) is 78.8 Å². The van der Waals surface area contributed by atoms with Crippen LogP contribution in [0.3, 0.4) is 0 Å². The number of carboxylic acid groups (broad SMARTS) is 1. The molecule has 116 valence electrons. The van der Waals surface area contributed by atoms with Gasteiger partial charge in [-0.2, -0.15) is 0 Å². The monoisotopic (exact) mass is 293 g/mol. The van der Waals surface area contributed by atoms with Gasteiger partial charge in [-0.25, -0.2) is 0 Å². The van der Waals surface area contributed by atoms with Crippen molar-refractivity contribution in [3.63, 3.8) is 0 Å². The van der Waals surface area contributed by atoms with E-state index >= 15 is 0 Å². The zero-order valence-electron chi connectivity index (χ0n) is 12.5. The minimum Gasteiger partial charge on any atom is -0.508 e. The van der Waals surface area contributed by atoms with Crippen LogP contribution in [-0.4, -0.2) is 28.8 Å². The minimum atomic E-state index is -0.841. The summed E-state index contributed by atoms with van der Waals surface area (Å²) in [5.41, 5.74) is 1.62. The number of nitrogens with one attached hydrogen (secondary N) is 1. The van der Waals surface area contributed by atoms with Crippen LogP contribution in [0, 0.1) is 0 Å². The second kappa shape index (κ2) is 8.32. The van der Waals surface area contributed by atoms with Crippen molar-refractivity contribution in [2.75, 3.05) is 6.54 Å². The number of phenols is 1. The number of benzene rings is 1. The van der Waals surface area contributed by atoms with Crippen molar-refractivity contribution in [1.82, 2.24) is 5.32 Å². The smallest absolute Gasteiger partial charge is 0.303 e. The molecule has 5 nitrogen and oxygen atoms in total. The van der Waals surface area contributed by atoms with Crippen LogP contribution in [0.15, 0.2) is 36.5 Å². The van der Waals surface area contributed by atoms with Gasteiger partial charge in [-0.15, -0.1) is 0 Å². The second-order valence-electron chi connectivity index (χ2n) is 5.14. The standard InChI is InChI=1S/C16H23NO4/c1-11(2)21-15(13-5-7-14(18)8-6-13)10-17-12(3)4-9-16(19)20/h5-8,11,15,17-18H,3-4,9-10H2,1-2H3,(H,19,20)/t15-/m0/s1. The van der Waals surface area contributed by atoms with Crippen LogP contribution in [-0.2, 0) is 9.53 Å². The number of hydrogen-bond donors (Lipinski definition) is 3. The molecule has 0 spiro atoms. The lowest BCUT2D eigenvalue weighted by molar-refractivity contribution is -0.136. The Hall–Kier alpha value is -2.01. The van der Waals surface area contributed by atoms with Gasteiger partial charge in [0.25, 0.3) is 0 Å². The highest BCUT2D eigenvalue weighted by Crippen LogP contribution is 2.21. The van der Waals surface area contributed by atoms with Crippen molar-refractivity contribution in [3.05, 3.63) is 42.1 Å². The van der Waals surface area contributed by atoms with Crippen molar-refractivity contribution in [3.8, 4) is 5.75 Å². The Bertz CT molecular complexity index is 468. The zero-order chi connectivity index (χ0) is 15.8. The van der Waals surface area contributed by atoms with E-state index < -0.39 is 5.97 Å². The van der Waals surface area contributed by atoms with Crippen molar-refractivity contribution >= 4 is 5.97 Å². The third kappa shape index (κ3) is 6.81. The van der Waals surface area contributed by atoms with E-state index in [1.54, 1.807) is 12.1 Å². The summed E-state index contributed by atoms with van der Waals surface area (Å²) in [6.07, 6.45) is 0.310. The third-order valence-electron chi connectivity index (χ3n) is 2.88. The highest BCUT2D eigenvalue weighted by Gasteiger charge is 2.14. The molecule has 0 aliphatic carbocycles. The lowest BCUT2D eigenvalue weighted by Crippen LogP contribution is -2.25. The van der Waals surface area contributed by atoms with Gasteiger partial charge in [0.2, 0.25) is 0 Å². The van der Waals surface area contributed by atoms with E-state index in [4.69, 9.17) is 9.84 Å². The SMILES string of the molecule is C=C(CCC(=O)O)NC[C@H](OC(C)C)c1ccc(O)cc1. The average Bonchev–Trinajstić information content (AvgIpc) is 2.41. The van der Waals surface area contributed by atoms with Gasteiger partial charge in [0, 0.05) is 12.2 Å². The first-order valence-corrected chi connectivity index (χ1v) is 6.96. The summed E-state index contributed by atoms with van der Waals surface area (Å²) in [6.45, 7) is 8.22. The fourth-order valence-corrected chi connectivity index (χ4v) is 1.85. The number of allylic oxidation sites excluding steroid dienone is 1.